The predicted octanol–water partition coefficient (Wildman–Crippen LogP) is 4.62. The van der Waals surface area contributed by atoms with Gasteiger partial charge in [0.2, 0.25) is 0 Å². The van der Waals surface area contributed by atoms with Crippen LogP contribution in [-0.4, -0.2) is 20.4 Å². The monoisotopic (exact) mass is 374 g/mol. The van der Waals surface area contributed by atoms with E-state index in [1.54, 1.807) is 23.9 Å². The van der Waals surface area contributed by atoms with E-state index in [1.807, 2.05) is 71.6 Å². The third-order valence-corrected chi connectivity index (χ3v) is 4.96. The van der Waals surface area contributed by atoms with Crippen LogP contribution in [-0.2, 0) is 6.54 Å². The van der Waals surface area contributed by atoms with Gasteiger partial charge in [-0.15, -0.1) is 11.3 Å². The molecule has 0 aliphatic heterocycles. The largest absolute Gasteiger partial charge is 0.333 e. The van der Waals surface area contributed by atoms with Gasteiger partial charge in [-0.2, -0.15) is 0 Å². The third-order valence-electron chi connectivity index (χ3n) is 4.18. The molecule has 0 saturated carbocycles. The topological polar surface area (TPSA) is 59.8 Å². The highest BCUT2D eigenvalue weighted by molar-refractivity contribution is 7.09. The molecule has 1 N–H and O–H groups in total. The molecule has 4 rings (SSSR count). The van der Waals surface area contributed by atoms with Crippen LogP contribution in [0.1, 0.15) is 20.9 Å². The van der Waals surface area contributed by atoms with Crippen LogP contribution in [0.25, 0.3) is 11.3 Å². The maximum Gasteiger partial charge on any atom is 0.255 e. The fourth-order valence-corrected chi connectivity index (χ4v) is 3.51. The van der Waals surface area contributed by atoms with Crippen molar-refractivity contribution in [2.75, 3.05) is 5.32 Å². The molecule has 0 aliphatic rings. The van der Waals surface area contributed by atoms with Crippen molar-refractivity contribution in [1.29, 1.82) is 0 Å². The maximum atomic E-state index is 12.8. The van der Waals surface area contributed by atoms with Crippen molar-refractivity contribution in [3.05, 3.63) is 88.8 Å². The molecule has 2 heterocycles. The van der Waals surface area contributed by atoms with E-state index >= 15 is 0 Å². The zero-order valence-electron chi connectivity index (χ0n) is 14.8. The summed E-state index contributed by atoms with van der Waals surface area (Å²) in [7, 11) is 0. The number of rotatable bonds is 5. The number of carbonyl (C=O) groups is 1. The number of carbonyl (C=O) groups excluding carboxylic acids is 1. The summed E-state index contributed by atoms with van der Waals surface area (Å²) in [5.74, 6) is -0.137. The SMILES string of the molecule is Cc1nc(-c2ccccc2NC(=O)c2cccc(Cn3ccnc3)c2)cs1. The molecule has 134 valence electrons. The lowest BCUT2D eigenvalue weighted by Crippen LogP contribution is -2.13. The van der Waals surface area contributed by atoms with Crippen molar-refractivity contribution in [3.8, 4) is 11.3 Å². The Balaban J connectivity index is 1.56. The van der Waals surface area contributed by atoms with Gasteiger partial charge in [-0.05, 0) is 30.7 Å². The standard InChI is InChI=1S/C21H18N4OS/c1-15-23-20(13-27-15)18-7-2-3-8-19(18)24-21(26)17-6-4-5-16(11-17)12-25-10-9-22-14-25/h2-11,13-14H,12H2,1H3,(H,24,26). The van der Waals surface area contributed by atoms with Gasteiger partial charge in [0, 0.05) is 35.4 Å². The first-order valence-electron chi connectivity index (χ1n) is 8.56. The number of hydrogen-bond donors (Lipinski definition) is 1. The number of para-hydroxylation sites is 1. The zero-order chi connectivity index (χ0) is 18.6. The first-order valence-corrected chi connectivity index (χ1v) is 9.44. The number of aryl methyl sites for hydroxylation is 1. The first-order chi connectivity index (χ1) is 13.2. The Morgan fingerprint density at radius 3 is 2.85 bits per heavy atom. The Hall–Kier alpha value is -3.25. The number of nitrogens with zero attached hydrogens (tertiary/aromatic N) is 3. The molecule has 0 unspecified atom stereocenters. The molecule has 0 spiro atoms. The molecule has 0 fully saturated rings. The average Bonchev–Trinajstić information content (AvgIpc) is 3.34. The van der Waals surface area contributed by atoms with E-state index in [2.05, 4.69) is 15.3 Å². The number of anilines is 1. The Kier molecular flexibility index (Phi) is 4.80. The molecular weight excluding hydrogens is 356 g/mol. The molecule has 0 saturated heterocycles. The first kappa shape index (κ1) is 17.2. The van der Waals surface area contributed by atoms with Crippen LogP contribution < -0.4 is 5.32 Å². The second-order valence-corrected chi connectivity index (χ2v) is 7.25. The van der Waals surface area contributed by atoms with Crippen LogP contribution in [0, 0.1) is 6.92 Å². The smallest absolute Gasteiger partial charge is 0.255 e. The molecule has 1 amide bonds. The van der Waals surface area contributed by atoms with Gasteiger partial charge in [0.1, 0.15) is 0 Å². The van der Waals surface area contributed by atoms with Crippen LogP contribution in [0.5, 0.6) is 0 Å². The van der Waals surface area contributed by atoms with Crippen LogP contribution in [0.15, 0.2) is 72.6 Å². The number of hydrogen-bond acceptors (Lipinski definition) is 4. The van der Waals surface area contributed by atoms with Crippen LogP contribution in [0.4, 0.5) is 5.69 Å². The summed E-state index contributed by atoms with van der Waals surface area (Å²) in [6.07, 6.45) is 5.41. The summed E-state index contributed by atoms with van der Waals surface area (Å²) in [6, 6.07) is 15.4. The van der Waals surface area contributed by atoms with E-state index in [0.29, 0.717) is 12.1 Å². The van der Waals surface area contributed by atoms with Gasteiger partial charge in [0.25, 0.3) is 5.91 Å². The average molecular weight is 374 g/mol. The van der Waals surface area contributed by atoms with E-state index in [0.717, 1.165) is 27.5 Å². The number of aromatic nitrogens is 3. The minimum absolute atomic E-state index is 0.137. The Bertz CT molecular complexity index is 1070. The summed E-state index contributed by atoms with van der Waals surface area (Å²) in [6.45, 7) is 2.65. The minimum atomic E-state index is -0.137. The third kappa shape index (κ3) is 3.96. The fourth-order valence-electron chi connectivity index (χ4n) is 2.90. The van der Waals surface area contributed by atoms with E-state index in [4.69, 9.17) is 0 Å². The van der Waals surface area contributed by atoms with Crippen molar-refractivity contribution in [2.24, 2.45) is 0 Å². The van der Waals surface area contributed by atoms with Gasteiger partial charge >= 0.3 is 0 Å². The van der Waals surface area contributed by atoms with Crippen LogP contribution in [0.2, 0.25) is 0 Å². The fraction of sp³-hybridized carbons (Fsp3) is 0.0952. The lowest BCUT2D eigenvalue weighted by Gasteiger charge is -2.11. The Morgan fingerprint density at radius 1 is 1.19 bits per heavy atom. The van der Waals surface area contributed by atoms with Gasteiger partial charge in [0.05, 0.1) is 22.7 Å². The van der Waals surface area contributed by atoms with Crippen molar-refractivity contribution in [2.45, 2.75) is 13.5 Å². The van der Waals surface area contributed by atoms with E-state index in [-0.39, 0.29) is 5.91 Å². The Morgan fingerprint density at radius 2 is 2.07 bits per heavy atom. The molecule has 2 aromatic carbocycles. The van der Waals surface area contributed by atoms with Crippen molar-refractivity contribution < 1.29 is 4.79 Å². The minimum Gasteiger partial charge on any atom is -0.333 e. The summed E-state index contributed by atoms with van der Waals surface area (Å²) in [5, 5.41) is 6.03. The molecule has 0 atom stereocenters. The van der Waals surface area contributed by atoms with E-state index in [1.165, 1.54) is 0 Å². The lowest BCUT2D eigenvalue weighted by molar-refractivity contribution is 0.102. The number of imidazole rings is 1. The van der Waals surface area contributed by atoms with Crippen molar-refractivity contribution in [3.63, 3.8) is 0 Å². The lowest BCUT2D eigenvalue weighted by atomic mass is 10.1. The summed E-state index contributed by atoms with van der Waals surface area (Å²) in [5.41, 5.74) is 4.22. The molecule has 6 heteroatoms. The number of amides is 1. The molecule has 4 aromatic rings. The predicted molar refractivity (Wildman–Crippen MR) is 108 cm³/mol. The molecule has 2 aromatic heterocycles. The highest BCUT2D eigenvalue weighted by Gasteiger charge is 2.12. The summed E-state index contributed by atoms with van der Waals surface area (Å²) >= 11 is 1.60. The van der Waals surface area contributed by atoms with E-state index in [9.17, 15) is 4.79 Å². The van der Waals surface area contributed by atoms with Crippen LogP contribution in [0.3, 0.4) is 0 Å². The zero-order valence-corrected chi connectivity index (χ0v) is 15.6. The highest BCUT2D eigenvalue weighted by Crippen LogP contribution is 2.29. The number of thiazole rings is 1. The van der Waals surface area contributed by atoms with Gasteiger partial charge < -0.3 is 9.88 Å². The molecule has 0 radical (unpaired) electrons. The Labute approximate surface area is 161 Å². The van der Waals surface area contributed by atoms with Gasteiger partial charge in [-0.25, -0.2) is 9.97 Å². The molecule has 27 heavy (non-hydrogen) atoms. The van der Waals surface area contributed by atoms with Crippen molar-refractivity contribution >= 4 is 22.9 Å². The maximum absolute atomic E-state index is 12.8. The van der Waals surface area contributed by atoms with E-state index < -0.39 is 0 Å². The van der Waals surface area contributed by atoms with Crippen LogP contribution >= 0.6 is 11.3 Å². The van der Waals surface area contributed by atoms with Gasteiger partial charge in [0.15, 0.2) is 0 Å². The number of benzene rings is 2. The van der Waals surface area contributed by atoms with Gasteiger partial charge in [-0.1, -0.05) is 30.3 Å². The highest BCUT2D eigenvalue weighted by atomic mass is 32.1. The molecule has 0 aliphatic carbocycles. The molecule has 5 nitrogen and oxygen atoms in total. The molecule has 0 bridgehead atoms. The molecular formula is C21H18N4OS. The normalized spacial score (nSPS) is 10.7. The summed E-state index contributed by atoms with van der Waals surface area (Å²) < 4.78 is 1.97. The number of nitrogens with one attached hydrogen (secondary N) is 1. The second-order valence-electron chi connectivity index (χ2n) is 6.19. The quantitative estimate of drug-likeness (QED) is 0.555. The van der Waals surface area contributed by atoms with Crippen molar-refractivity contribution in [1.82, 2.24) is 14.5 Å². The summed E-state index contributed by atoms with van der Waals surface area (Å²) in [4.78, 5) is 21.4. The second kappa shape index (κ2) is 7.55. The van der Waals surface area contributed by atoms with Gasteiger partial charge in [-0.3, -0.25) is 4.79 Å².